The quantitative estimate of drug-likeness (QED) is 0.897. The molecule has 0 saturated carbocycles. The number of carbonyl (C=O) groups excluding carboxylic acids is 2. The normalized spacial score (nSPS) is 15.4. The molecule has 6 heteroatoms. The lowest BCUT2D eigenvalue weighted by atomic mass is 10.0. The molecule has 2 N–H and O–H groups in total. The van der Waals surface area contributed by atoms with Crippen LogP contribution in [0.4, 0.5) is 0 Å². The van der Waals surface area contributed by atoms with Crippen LogP contribution in [0.3, 0.4) is 0 Å². The fourth-order valence-electron chi connectivity index (χ4n) is 3.16. The van der Waals surface area contributed by atoms with Crippen LogP contribution in [0.25, 0.3) is 0 Å². The molecule has 1 unspecified atom stereocenters. The van der Waals surface area contributed by atoms with Crippen LogP contribution in [0.2, 0.25) is 0 Å². The van der Waals surface area contributed by atoms with E-state index in [4.69, 9.17) is 10.5 Å². The Balaban J connectivity index is 1.58. The van der Waals surface area contributed by atoms with Crippen molar-refractivity contribution in [3.63, 3.8) is 0 Å². The van der Waals surface area contributed by atoms with E-state index < -0.39 is 6.04 Å². The molecule has 27 heavy (non-hydrogen) atoms. The van der Waals surface area contributed by atoms with E-state index in [1.165, 1.54) is 0 Å². The number of amides is 2. The molecule has 142 valence electrons. The van der Waals surface area contributed by atoms with Crippen molar-refractivity contribution in [3.05, 3.63) is 65.2 Å². The lowest BCUT2D eigenvalue weighted by molar-refractivity contribution is -0.134. The van der Waals surface area contributed by atoms with Crippen LogP contribution in [-0.2, 0) is 4.79 Å². The van der Waals surface area contributed by atoms with E-state index in [0.717, 1.165) is 11.1 Å². The first-order chi connectivity index (χ1) is 13.0. The van der Waals surface area contributed by atoms with Gasteiger partial charge in [0, 0.05) is 31.7 Å². The molecule has 1 atom stereocenters. The van der Waals surface area contributed by atoms with Gasteiger partial charge in [-0.2, -0.15) is 0 Å². The van der Waals surface area contributed by atoms with E-state index >= 15 is 0 Å². The van der Waals surface area contributed by atoms with Gasteiger partial charge in [0.2, 0.25) is 5.91 Å². The highest BCUT2D eigenvalue weighted by Crippen LogP contribution is 2.17. The first kappa shape index (κ1) is 18.9. The zero-order chi connectivity index (χ0) is 19.4. The molecule has 1 fully saturated rings. The lowest BCUT2D eigenvalue weighted by Crippen LogP contribution is -2.52. The van der Waals surface area contributed by atoms with Gasteiger partial charge in [-0.3, -0.25) is 9.59 Å². The van der Waals surface area contributed by atoms with Gasteiger partial charge in [0.1, 0.15) is 11.8 Å². The van der Waals surface area contributed by atoms with Crippen LogP contribution >= 0.6 is 0 Å². The van der Waals surface area contributed by atoms with Gasteiger partial charge in [0.15, 0.2) is 0 Å². The number of aryl methyl sites for hydroxylation is 1. The molecule has 1 heterocycles. The second-order valence-corrected chi connectivity index (χ2v) is 6.73. The summed E-state index contributed by atoms with van der Waals surface area (Å²) in [5.74, 6) is 0.579. The summed E-state index contributed by atoms with van der Waals surface area (Å²) in [6.07, 6.45) is 0. The standard InChI is InChI=1S/C21H25N3O3/c1-15-3-5-16(6-4-15)19(22)21(26)24-13-11-23(12-14-24)20(25)17-7-9-18(27-2)10-8-17/h3-10,19H,11-14,22H2,1-2H3. The zero-order valence-electron chi connectivity index (χ0n) is 15.7. The Morgan fingerprint density at radius 2 is 1.48 bits per heavy atom. The average Bonchev–Trinajstić information content (AvgIpc) is 2.73. The smallest absolute Gasteiger partial charge is 0.253 e. The van der Waals surface area contributed by atoms with E-state index in [9.17, 15) is 9.59 Å². The highest BCUT2D eigenvalue weighted by atomic mass is 16.5. The number of nitrogens with zero attached hydrogens (tertiary/aromatic N) is 2. The third-order valence-corrected chi connectivity index (χ3v) is 4.92. The molecule has 2 aromatic rings. The Morgan fingerprint density at radius 1 is 0.926 bits per heavy atom. The fraction of sp³-hybridized carbons (Fsp3) is 0.333. The number of hydrogen-bond acceptors (Lipinski definition) is 4. The molecule has 0 aliphatic carbocycles. The number of piperazine rings is 1. The molecular weight excluding hydrogens is 342 g/mol. The summed E-state index contributed by atoms with van der Waals surface area (Å²) in [5.41, 5.74) is 8.70. The van der Waals surface area contributed by atoms with Crippen molar-refractivity contribution >= 4 is 11.8 Å². The second kappa shape index (κ2) is 8.22. The van der Waals surface area contributed by atoms with E-state index in [1.807, 2.05) is 31.2 Å². The minimum absolute atomic E-state index is 0.0346. The topological polar surface area (TPSA) is 75.9 Å². The lowest BCUT2D eigenvalue weighted by Gasteiger charge is -2.36. The molecular formula is C21H25N3O3. The molecule has 2 aromatic carbocycles. The largest absolute Gasteiger partial charge is 0.497 e. The molecule has 0 aromatic heterocycles. The highest BCUT2D eigenvalue weighted by molar-refractivity contribution is 5.94. The molecule has 6 nitrogen and oxygen atoms in total. The van der Waals surface area contributed by atoms with Gasteiger partial charge in [0.25, 0.3) is 5.91 Å². The van der Waals surface area contributed by atoms with Gasteiger partial charge < -0.3 is 20.3 Å². The minimum atomic E-state index is -0.672. The number of carbonyl (C=O) groups is 2. The fourth-order valence-corrected chi connectivity index (χ4v) is 3.16. The predicted octanol–water partition coefficient (Wildman–Crippen LogP) is 1.99. The van der Waals surface area contributed by atoms with Gasteiger partial charge in [0.05, 0.1) is 7.11 Å². The van der Waals surface area contributed by atoms with Crippen LogP contribution in [-0.4, -0.2) is 54.9 Å². The average molecular weight is 367 g/mol. The Labute approximate surface area is 159 Å². The monoisotopic (exact) mass is 367 g/mol. The van der Waals surface area contributed by atoms with Gasteiger partial charge in [-0.25, -0.2) is 0 Å². The van der Waals surface area contributed by atoms with Crippen molar-refractivity contribution in [2.24, 2.45) is 5.73 Å². The van der Waals surface area contributed by atoms with Crippen molar-refractivity contribution in [1.29, 1.82) is 0 Å². The SMILES string of the molecule is COc1ccc(C(=O)N2CCN(C(=O)C(N)c3ccc(C)cc3)CC2)cc1. The number of nitrogens with two attached hydrogens (primary N) is 1. The third kappa shape index (κ3) is 4.28. The Bertz CT molecular complexity index is 794. The third-order valence-electron chi connectivity index (χ3n) is 4.92. The number of benzene rings is 2. The maximum atomic E-state index is 12.7. The number of rotatable bonds is 4. The van der Waals surface area contributed by atoms with E-state index in [1.54, 1.807) is 41.2 Å². The van der Waals surface area contributed by atoms with Crippen LogP contribution in [0, 0.1) is 6.92 Å². The molecule has 0 spiro atoms. The van der Waals surface area contributed by atoms with Crippen LogP contribution in [0.5, 0.6) is 5.75 Å². The molecule has 0 radical (unpaired) electrons. The zero-order valence-corrected chi connectivity index (χ0v) is 15.7. The van der Waals surface area contributed by atoms with Gasteiger partial charge in [-0.1, -0.05) is 29.8 Å². The van der Waals surface area contributed by atoms with Crippen molar-refractivity contribution in [3.8, 4) is 5.75 Å². The highest BCUT2D eigenvalue weighted by Gasteiger charge is 2.28. The maximum absolute atomic E-state index is 12.7. The molecule has 3 rings (SSSR count). The summed E-state index contributed by atoms with van der Waals surface area (Å²) >= 11 is 0. The molecule has 0 bridgehead atoms. The van der Waals surface area contributed by atoms with Crippen LogP contribution in [0.15, 0.2) is 48.5 Å². The summed E-state index contributed by atoms with van der Waals surface area (Å²) in [6.45, 7) is 3.96. The maximum Gasteiger partial charge on any atom is 0.253 e. The summed E-state index contributed by atoms with van der Waals surface area (Å²) in [4.78, 5) is 28.8. The first-order valence-electron chi connectivity index (χ1n) is 9.04. The van der Waals surface area contributed by atoms with Gasteiger partial charge >= 0.3 is 0 Å². The molecule has 2 amide bonds. The predicted molar refractivity (Wildman–Crippen MR) is 104 cm³/mol. The Morgan fingerprint density at radius 3 is 2.04 bits per heavy atom. The number of hydrogen-bond donors (Lipinski definition) is 1. The van der Waals surface area contributed by atoms with Crippen molar-refractivity contribution in [2.45, 2.75) is 13.0 Å². The summed E-state index contributed by atoms with van der Waals surface area (Å²) in [6, 6.07) is 14.1. The molecule has 1 saturated heterocycles. The van der Waals surface area contributed by atoms with Crippen molar-refractivity contribution < 1.29 is 14.3 Å². The second-order valence-electron chi connectivity index (χ2n) is 6.73. The van der Waals surface area contributed by atoms with E-state index in [-0.39, 0.29) is 11.8 Å². The van der Waals surface area contributed by atoms with Crippen LogP contribution in [0.1, 0.15) is 27.5 Å². The Kier molecular flexibility index (Phi) is 5.76. The summed E-state index contributed by atoms with van der Waals surface area (Å²) in [5, 5.41) is 0. The number of methoxy groups -OCH3 is 1. The molecule has 1 aliphatic heterocycles. The summed E-state index contributed by atoms with van der Waals surface area (Å²) in [7, 11) is 1.59. The van der Waals surface area contributed by atoms with E-state index in [2.05, 4.69) is 0 Å². The van der Waals surface area contributed by atoms with Gasteiger partial charge in [-0.15, -0.1) is 0 Å². The van der Waals surface area contributed by atoms with Crippen molar-refractivity contribution in [2.75, 3.05) is 33.3 Å². The number of ether oxygens (including phenoxy) is 1. The summed E-state index contributed by atoms with van der Waals surface area (Å²) < 4.78 is 5.12. The van der Waals surface area contributed by atoms with Crippen molar-refractivity contribution in [1.82, 2.24) is 9.80 Å². The van der Waals surface area contributed by atoms with E-state index in [0.29, 0.717) is 37.5 Å². The Hall–Kier alpha value is -2.86. The first-order valence-corrected chi connectivity index (χ1v) is 9.04. The van der Waals surface area contributed by atoms with Gasteiger partial charge in [-0.05, 0) is 36.8 Å². The van der Waals surface area contributed by atoms with Crippen LogP contribution < -0.4 is 10.5 Å². The molecule has 1 aliphatic rings. The minimum Gasteiger partial charge on any atom is -0.497 e.